The molecule has 2 rings (SSSR count). The number of rotatable bonds is 7. The van der Waals surface area contributed by atoms with Crippen LogP contribution in [-0.2, 0) is 6.42 Å². The van der Waals surface area contributed by atoms with E-state index in [1.807, 2.05) is 6.07 Å². The molecule has 0 unspecified atom stereocenters. The molecule has 1 heterocycles. The summed E-state index contributed by atoms with van der Waals surface area (Å²) in [6.45, 7) is 4.75. The fourth-order valence-corrected chi connectivity index (χ4v) is 2.47. The number of aliphatic hydroxyl groups excluding tert-OH is 1. The number of aliphatic hydroxyl groups is 1. The number of nitrogens with one attached hydrogen (secondary N) is 1. The van der Waals surface area contributed by atoms with Gasteiger partial charge in [-0.3, -0.25) is 0 Å². The van der Waals surface area contributed by atoms with E-state index in [4.69, 9.17) is 0 Å². The van der Waals surface area contributed by atoms with Gasteiger partial charge in [-0.2, -0.15) is 0 Å². The van der Waals surface area contributed by atoms with Crippen molar-refractivity contribution in [2.75, 3.05) is 32.7 Å². The first-order chi connectivity index (χ1) is 8.84. The second kappa shape index (κ2) is 7.52. The van der Waals surface area contributed by atoms with Crippen molar-refractivity contribution in [3.8, 4) is 0 Å². The van der Waals surface area contributed by atoms with Gasteiger partial charge in [0.25, 0.3) is 0 Å². The fraction of sp³-hybridized carbons (Fsp3) is 0.600. The van der Waals surface area contributed by atoms with E-state index in [1.54, 1.807) is 0 Å². The highest BCUT2D eigenvalue weighted by atomic mass is 16.3. The standard InChI is InChI=1S/C15H24N2O/c18-15(13-17-10-4-5-11-17)12-16-9-8-14-6-2-1-3-7-14/h1-3,6-7,15-16,18H,4-5,8-13H2/t15-/m1/s1. The average Bonchev–Trinajstić information content (AvgIpc) is 2.89. The predicted octanol–water partition coefficient (Wildman–Crippen LogP) is 1.28. The predicted molar refractivity (Wildman–Crippen MR) is 74.7 cm³/mol. The third-order valence-electron chi connectivity index (χ3n) is 3.48. The summed E-state index contributed by atoms with van der Waals surface area (Å²) < 4.78 is 0. The third kappa shape index (κ3) is 4.77. The van der Waals surface area contributed by atoms with Crippen molar-refractivity contribution >= 4 is 0 Å². The van der Waals surface area contributed by atoms with Crippen LogP contribution >= 0.6 is 0 Å². The molecule has 100 valence electrons. The van der Waals surface area contributed by atoms with E-state index < -0.39 is 0 Å². The van der Waals surface area contributed by atoms with E-state index in [0.717, 1.165) is 32.6 Å². The molecule has 1 aromatic rings. The lowest BCUT2D eigenvalue weighted by Gasteiger charge is -2.19. The minimum atomic E-state index is -0.237. The lowest BCUT2D eigenvalue weighted by molar-refractivity contribution is 0.124. The Labute approximate surface area is 110 Å². The highest BCUT2D eigenvalue weighted by Gasteiger charge is 2.15. The minimum Gasteiger partial charge on any atom is -0.390 e. The monoisotopic (exact) mass is 248 g/mol. The van der Waals surface area contributed by atoms with E-state index in [-0.39, 0.29) is 6.10 Å². The smallest absolute Gasteiger partial charge is 0.0791 e. The zero-order valence-corrected chi connectivity index (χ0v) is 11.0. The van der Waals surface area contributed by atoms with Crippen molar-refractivity contribution in [1.29, 1.82) is 0 Å². The van der Waals surface area contributed by atoms with Gasteiger partial charge in [0.15, 0.2) is 0 Å². The first-order valence-electron chi connectivity index (χ1n) is 6.99. The summed E-state index contributed by atoms with van der Waals surface area (Å²) >= 11 is 0. The van der Waals surface area contributed by atoms with E-state index in [2.05, 4.69) is 34.5 Å². The molecule has 18 heavy (non-hydrogen) atoms. The topological polar surface area (TPSA) is 35.5 Å². The van der Waals surface area contributed by atoms with Crippen LogP contribution in [0.3, 0.4) is 0 Å². The summed E-state index contributed by atoms with van der Waals surface area (Å²) in [5, 5.41) is 13.2. The Morgan fingerprint density at radius 1 is 1.17 bits per heavy atom. The molecular formula is C15H24N2O. The second-order valence-electron chi connectivity index (χ2n) is 5.10. The molecule has 1 fully saturated rings. The van der Waals surface area contributed by atoms with Gasteiger partial charge >= 0.3 is 0 Å². The van der Waals surface area contributed by atoms with Gasteiger partial charge in [0.2, 0.25) is 0 Å². The molecule has 0 amide bonds. The van der Waals surface area contributed by atoms with Gasteiger partial charge < -0.3 is 15.3 Å². The van der Waals surface area contributed by atoms with Crippen LogP contribution in [0.25, 0.3) is 0 Å². The van der Waals surface area contributed by atoms with Crippen LogP contribution in [-0.4, -0.2) is 48.8 Å². The van der Waals surface area contributed by atoms with Gasteiger partial charge in [-0.25, -0.2) is 0 Å². The summed E-state index contributed by atoms with van der Waals surface area (Å²) in [5.41, 5.74) is 1.35. The maximum absolute atomic E-state index is 9.90. The minimum absolute atomic E-state index is 0.237. The molecule has 0 bridgehead atoms. The quantitative estimate of drug-likeness (QED) is 0.714. The van der Waals surface area contributed by atoms with Crippen molar-refractivity contribution in [3.63, 3.8) is 0 Å². The van der Waals surface area contributed by atoms with Crippen molar-refractivity contribution < 1.29 is 5.11 Å². The van der Waals surface area contributed by atoms with E-state index in [1.165, 1.54) is 18.4 Å². The van der Waals surface area contributed by atoms with E-state index in [9.17, 15) is 5.11 Å². The Hall–Kier alpha value is -0.900. The number of nitrogens with zero attached hydrogens (tertiary/aromatic N) is 1. The number of hydrogen-bond donors (Lipinski definition) is 2. The van der Waals surface area contributed by atoms with Crippen LogP contribution in [0.2, 0.25) is 0 Å². The number of benzene rings is 1. The number of likely N-dealkylation sites (tertiary alicyclic amines) is 1. The summed E-state index contributed by atoms with van der Waals surface area (Å²) in [5.74, 6) is 0. The van der Waals surface area contributed by atoms with Crippen LogP contribution in [0.5, 0.6) is 0 Å². The van der Waals surface area contributed by atoms with Gasteiger partial charge in [0.1, 0.15) is 0 Å². The summed E-state index contributed by atoms with van der Waals surface area (Å²) in [7, 11) is 0. The third-order valence-corrected chi connectivity index (χ3v) is 3.48. The van der Waals surface area contributed by atoms with Gasteiger partial charge in [0.05, 0.1) is 6.10 Å². The maximum atomic E-state index is 9.90. The van der Waals surface area contributed by atoms with E-state index in [0.29, 0.717) is 6.54 Å². The van der Waals surface area contributed by atoms with Gasteiger partial charge in [-0.15, -0.1) is 0 Å². The Bertz CT molecular complexity index is 323. The van der Waals surface area contributed by atoms with Crippen LogP contribution in [0.4, 0.5) is 0 Å². The molecular weight excluding hydrogens is 224 g/mol. The number of β-amino-alcohol motifs (C(OH)–C–C–N with tert-alkyl or cyclic N) is 1. The van der Waals surface area contributed by atoms with Crippen LogP contribution < -0.4 is 5.32 Å². The Morgan fingerprint density at radius 2 is 1.89 bits per heavy atom. The first-order valence-corrected chi connectivity index (χ1v) is 6.99. The van der Waals surface area contributed by atoms with Gasteiger partial charge in [-0.05, 0) is 44.5 Å². The van der Waals surface area contributed by atoms with E-state index >= 15 is 0 Å². The first kappa shape index (κ1) is 13.5. The summed E-state index contributed by atoms with van der Waals surface area (Å²) in [6.07, 6.45) is 3.36. The largest absolute Gasteiger partial charge is 0.390 e. The zero-order chi connectivity index (χ0) is 12.6. The maximum Gasteiger partial charge on any atom is 0.0791 e. The second-order valence-corrected chi connectivity index (χ2v) is 5.10. The molecule has 0 aromatic heterocycles. The Balaban J connectivity index is 1.54. The van der Waals surface area contributed by atoms with Crippen molar-refractivity contribution in [3.05, 3.63) is 35.9 Å². The zero-order valence-electron chi connectivity index (χ0n) is 11.0. The van der Waals surface area contributed by atoms with Gasteiger partial charge in [0, 0.05) is 13.1 Å². The highest BCUT2D eigenvalue weighted by molar-refractivity contribution is 5.14. The fourth-order valence-electron chi connectivity index (χ4n) is 2.47. The normalized spacial score (nSPS) is 18.1. The summed E-state index contributed by atoms with van der Waals surface area (Å²) in [6, 6.07) is 10.5. The Morgan fingerprint density at radius 3 is 2.61 bits per heavy atom. The molecule has 2 N–H and O–H groups in total. The SMILES string of the molecule is O[C@H](CNCCc1ccccc1)CN1CCCC1. The Kier molecular flexibility index (Phi) is 5.65. The molecule has 1 aromatic carbocycles. The van der Waals surface area contributed by atoms with Gasteiger partial charge in [-0.1, -0.05) is 30.3 Å². The van der Waals surface area contributed by atoms with Crippen LogP contribution in [0, 0.1) is 0 Å². The summed E-state index contributed by atoms with van der Waals surface area (Å²) in [4.78, 5) is 2.35. The molecule has 1 saturated heterocycles. The van der Waals surface area contributed by atoms with Crippen LogP contribution in [0.15, 0.2) is 30.3 Å². The molecule has 1 atom stereocenters. The van der Waals surface area contributed by atoms with Crippen molar-refractivity contribution in [2.45, 2.75) is 25.4 Å². The molecule has 0 saturated carbocycles. The molecule has 3 nitrogen and oxygen atoms in total. The number of hydrogen-bond acceptors (Lipinski definition) is 3. The highest BCUT2D eigenvalue weighted by Crippen LogP contribution is 2.07. The van der Waals surface area contributed by atoms with Crippen molar-refractivity contribution in [1.82, 2.24) is 10.2 Å². The van der Waals surface area contributed by atoms with Crippen LogP contribution in [0.1, 0.15) is 18.4 Å². The lowest BCUT2D eigenvalue weighted by atomic mass is 10.1. The molecule has 3 heteroatoms. The lowest BCUT2D eigenvalue weighted by Crippen LogP contribution is -2.37. The molecule has 0 radical (unpaired) electrons. The van der Waals surface area contributed by atoms with Crippen molar-refractivity contribution in [2.24, 2.45) is 0 Å². The molecule has 0 spiro atoms. The molecule has 1 aliphatic heterocycles. The average molecular weight is 248 g/mol. The molecule has 0 aliphatic carbocycles. The molecule has 1 aliphatic rings.